The van der Waals surface area contributed by atoms with Crippen molar-refractivity contribution >= 4 is 23.1 Å². The largest absolute Gasteiger partial charge is 0.305 e. The number of ketones is 2. The van der Waals surface area contributed by atoms with Crippen LogP contribution in [-0.4, -0.2) is 21.5 Å². The highest BCUT2D eigenvalue weighted by Gasteiger charge is 2.38. The summed E-state index contributed by atoms with van der Waals surface area (Å²) in [5.41, 5.74) is 9.77. The molecule has 4 rings (SSSR count). The van der Waals surface area contributed by atoms with Crippen LogP contribution in [0.2, 0.25) is 0 Å². The van der Waals surface area contributed by atoms with Gasteiger partial charge in [-0.15, -0.1) is 0 Å². The van der Waals surface area contributed by atoms with Crippen molar-refractivity contribution in [3.63, 3.8) is 0 Å². The van der Waals surface area contributed by atoms with E-state index in [9.17, 15) is 9.59 Å². The molecule has 1 heterocycles. The summed E-state index contributed by atoms with van der Waals surface area (Å²) in [5.74, 6) is -0.863. The van der Waals surface area contributed by atoms with Crippen LogP contribution in [0.25, 0.3) is 5.57 Å². The molecule has 0 bridgehead atoms. The van der Waals surface area contributed by atoms with E-state index in [2.05, 4.69) is 20.8 Å². The molecule has 1 aliphatic carbocycles. The van der Waals surface area contributed by atoms with Gasteiger partial charge in [-0.3, -0.25) is 15.0 Å². The summed E-state index contributed by atoms with van der Waals surface area (Å²) in [4.78, 5) is 34.9. The minimum atomic E-state index is -0.850. The fourth-order valence-corrected chi connectivity index (χ4v) is 3.55. The van der Waals surface area contributed by atoms with Gasteiger partial charge in [-0.05, 0) is 31.0 Å². The molecule has 6 nitrogen and oxygen atoms in total. The summed E-state index contributed by atoms with van der Waals surface area (Å²) in [7, 11) is 0. The third-order valence-electron chi connectivity index (χ3n) is 4.79. The van der Waals surface area contributed by atoms with E-state index in [4.69, 9.17) is 0 Å². The van der Waals surface area contributed by atoms with E-state index in [1.54, 1.807) is 36.5 Å². The number of benzene rings is 2. The zero-order valence-electron chi connectivity index (χ0n) is 16.1. The molecule has 1 aromatic heterocycles. The van der Waals surface area contributed by atoms with Gasteiger partial charge in [0.05, 0.1) is 0 Å². The third kappa shape index (κ3) is 3.65. The summed E-state index contributed by atoms with van der Waals surface area (Å²) in [6.45, 7) is 3.77. The fraction of sp³-hybridized carbons (Fsp3) is 0.130. The van der Waals surface area contributed by atoms with E-state index >= 15 is 0 Å². The second-order valence-electron chi connectivity index (χ2n) is 6.92. The molecule has 6 heteroatoms. The van der Waals surface area contributed by atoms with Crippen molar-refractivity contribution in [1.29, 1.82) is 0 Å². The molecule has 2 N–H and O–H groups in total. The average molecular weight is 384 g/mol. The predicted molar refractivity (Wildman–Crippen MR) is 111 cm³/mol. The minimum absolute atomic E-state index is 0.181. The molecule has 1 aliphatic rings. The number of carbonyl (C=O) groups is 2. The number of aromatic nitrogens is 2. The van der Waals surface area contributed by atoms with Gasteiger partial charge >= 0.3 is 0 Å². The van der Waals surface area contributed by atoms with Crippen molar-refractivity contribution in [3.8, 4) is 0 Å². The Labute approximate surface area is 168 Å². The van der Waals surface area contributed by atoms with Crippen LogP contribution in [0.1, 0.15) is 38.8 Å². The molecule has 3 aromatic rings. The highest BCUT2D eigenvalue weighted by molar-refractivity contribution is 6.37. The summed E-state index contributed by atoms with van der Waals surface area (Å²) in [5, 5.41) is 0. The number of rotatable bonds is 4. The maximum absolute atomic E-state index is 13.3. The molecular formula is C23H20N4O2. The summed E-state index contributed by atoms with van der Waals surface area (Å²) >= 11 is 0. The summed E-state index contributed by atoms with van der Waals surface area (Å²) < 4.78 is 0. The Kier molecular flexibility index (Phi) is 4.91. The Bertz CT molecular complexity index is 1100. The SMILES string of the molecule is Cc1cc(C)nc(NN/C=C2/C(=O)C(c3ccccc3)C(=O)c3ccccc32)n1. The number of hydrazine groups is 1. The van der Waals surface area contributed by atoms with Crippen LogP contribution in [0, 0.1) is 13.8 Å². The van der Waals surface area contributed by atoms with Crippen LogP contribution < -0.4 is 10.9 Å². The fourth-order valence-electron chi connectivity index (χ4n) is 3.55. The standard InChI is InChI=1S/C23H20N4O2/c1-14-12-15(2)26-23(25-14)27-24-13-19-17-10-6-7-11-18(17)21(28)20(22(19)29)16-8-4-3-5-9-16/h3-13,20,24H,1-2H3,(H,25,26,27)/b19-13+. The Morgan fingerprint density at radius 3 is 2.14 bits per heavy atom. The number of Topliss-reactive ketones (excluding diaryl/α,β-unsaturated/α-hetero) is 2. The smallest absolute Gasteiger partial charge is 0.242 e. The number of hydrogen-bond donors (Lipinski definition) is 2. The third-order valence-corrected chi connectivity index (χ3v) is 4.79. The van der Waals surface area contributed by atoms with Crippen molar-refractivity contribution in [2.75, 3.05) is 5.43 Å². The number of hydrogen-bond acceptors (Lipinski definition) is 6. The lowest BCUT2D eigenvalue weighted by atomic mass is 9.76. The van der Waals surface area contributed by atoms with E-state index in [0.29, 0.717) is 28.2 Å². The maximum atomic E-state index is 13.3. The van der Waals surface area contributed by atoms with Crippen molar-refractivity contribution in [1.82, 2.24) is 15.4 Å². The van der Waals surface area contributed by atoms with Crippen LogP contribution in [-0.2, 0) is 4.79 Å². The highest BCUT2D eigenvalue weighted by Crippen LogP contribution is 2.36. The first kappa shape index (κ1) is 18.6. The second-order valence-corrected chi connectivity index (χ2v) is 6.92. The number of nitrogens with one attached hydrogen (secondary N) is 2. The van der Waals surface area contributed by atoms with Gasteiger partial charge in [-0.25, -0.2) is 9.97 Å². The van der Waals surface area contributed by atoms with Crippen molar-refractivity contribution in [3.05, 3.63) is 94.9 Å². The van der Waals surface area contributed by atoms with Gasteiger partial charge in [0.2, 0.25) is 5.95 Å². The zero-order valence-corrected chi connectivity index (χ0v) is 16.1. The number of carbonyl (C=O) groups excluding carboxylic acids is 2. The van der Waals surface area contributed by atoms with E-state index in [1.165, 1.54) is 0 Å². The number of fused-ring (bicyclic) bond motifs is 1. The zero-order chi connectivity index (χ0) is 20.4. The number of allylic oxidation sites excluding steroid dienone is 1. The first-order chi connectivity index (χ1) is 14.0. The van der Waals surface area contributed by atoms with Gasteiger partial charge in [0.25, 0.3) is 0 Å². The number of nitrogens with zero attached hydrogens (tertiary/aromatic N) is 2. The normalized spacial score (nSPS) is 17.2. The first-order valence-electron chi connectivity index (χ1n) is 9.31. The minimum Gasteiger partial charge on any atom is -0.305 e. The van der Waals surface area contributed by atoms with Crippen molar-refractivity contribution in [2.45, 2.75) is 19.8 Å². The monoisotopic (exact) mass is 384 g/mol. The first-order valence-corrected chi connectivity index (χ1v) is 9.31. The van der Waals surface area contributed by atoms with Crippen LogP contribution in [0.5, 0.6) is 0 Å². The molecule has 0 spiro atoms. The average Bonchev–Trinajstić information content (AvgIpc) is 2.71. The van der Waals surface area contributed by atoms with Gasteiger partial charge in [0.1, 0.15) is 5.92 Å². The molecule has 29 heavy (non-hydrogen) atoms. The van der Waals surface area contributed by atoms with E-state index < -0.39 is 5.92 Å². The molecular weight excluding hydrogens is 364 g/mol. The topological polar surface area (TPSA) is 84.0 Å². The Balaban J connectivity index is 1.69. The molecule has 0 saturated heterocycles. The van der Waals surface area contributed by atoms with Crippen LogP contribution in [0.4, 0.5) is 5.95 Å². The molecule has 0 fully saturated rings. The molecule has 2 aromatic carbocycles. The molecule has 0 aliphatic heterocycles. The molecule has 0 radical (unpaired) electrons. The van der Waals surface area contributed by atoms with Gasteiger partial charge < -0.3 is 5.43 Å². The van der Waals surface area contributed by atoms with Crippen molar-refractivity contribution in [2.24, 2.45) is 0 Å². The molecule has 1 atom stereocenters. The van der Waals surface area contributed by atoms with Gasteiger partial charge in [0.15, 0.2) is 11.6 Å². The highest BCUT2D eigenvalue weighted by atomic mass is 16.2. The van der Waals surface area contributed by atoms with Gasteiger partial charge in [-0.2, -0.15) is 0 Å². The van der Waals surface area contributed by atoms with Crippen LogP contribution >= 0.6 is 0 Å². The molecule has 1 unspecified atom stereocenters. The lowest BCUT2D eigenvalue weighted by molar-refractivity contribution is -0.114. The van der Waals surface area contributed by atoms with Crippen molar-refractivity contribution < 1.29 is 9.59 Å². The van der Waals surface area contributed by atoms with E-state index in [-0.39, 0.29) is 11.6 Å². The Morgan fingerprint density at radius 2 is 1.45 bits per heavy atom. The Morgan fingerprint density at radius 1 is 0.828 bits per heavy atom. The number of aryl methyl sites for hydroxylation is 2. The quantitative estimate of drug-likeness (QED) is 0.406. The van der Waals surface area contributed by atoms with Gasteiger partial charge in [-0.1, -0.05) is 54.6 Å². The van der Waals surface area contributed by atoms with E-state index in [1.807, 2.05) is 44.2 Å². The van der Waals surface area contributed by atoms with Gasteiger partial charge in [0, 0.05) is 28.7 Å². The lowest BCUT2D eigenvalue weighted by Gasteiger charge is -2.25. The van der Waals surface area contributed by atoms with Crippen LogP contribution in [0.3, 0.4) is 0 Å². The summed E-state index contributed by atoms with van der Waals surface area (Å²) in [6.07, 6.45) is 1.57. The maximum Gasteiger partial charge on any atom is 0.242 e. The van der Waals surface area contributed by atoms with Crippen LogP contribution in [0.15, 0.2) is 66.9 Å². The van der Waals surface area contributed by atoms with E-state index in [0.717, 1.165) is 11.4 Å². The predicted octanol–water partition coefficient (Wildman–Crippen LogP) is 3.60. The molecule has 0 amide bonds. The number of anilines is 1. The summed E-state index contributed by atoms with van der Waals surface area (Å²) in [6, 6.07) is 18.2. The molecule has 0 saturated carbocycles. The second kappa shape index (κ2) is 7.67. The Hall–Kier alpha value is -3.80. The molecule has 144 valence electrons. The lowest BCUT2D eigenvalue weighted by Crippen LogP contribution is -2.30.